The highest BCUT2D eigenvalue weighted by molar-refractivity contribution is 6.35. The first kappa shape index (κ1) is 17.2. The molecule has 27 heavy (non-hydrogen) atoms. The van der Waals surface area contributed by atoms with Crippen LogP contribution in [0.4, 0.5) is 0 Å². The molecule has 3 nitrogen and oxygen atoms in total. The molecule has 4 heteroatoms. The van der Waals surface area contributed by atoms with E-state index in [1.54, 1.807) is 6.07 Å². The van der Waals surface area contributed by atoms with Gasteiger partial charge in [0.15, 0.2) is 0 Å². The smallest absolute Gasteiger partial charge is 0.278 e. The number of nitrogens with zero attached hydrogens (tertiary/aromatic N) is 1. The number of hydrogen-bond donors (Lipinski definition) is 1. The van der Waals surface area contributed by atoms with Crippen molar-refractivity contribution in [1.82, 2.24) is 5.32 Å². The van der Waals surface area contributed by atoms with Gasteiger partial charge in [-0.1, -0.05) is 55.8 Å². The van der Waals surface area contributed by atoms with E-state index in [1.807, 2.05) is 12.1 Å². The maximum Gasteiger partial charge on any atom is 0.278 e. The highest BCUT2D eigenvalue weighted by Gasteiger charge is 2.49. The standard InChI is InChI=1S/C23H23ClN2O/c1-23(2)20-14(13-9-11-25-12-10-13)5-3-7-16(20)18-15-6-4-8-17(24)19(15)22(27)26-21(18)23/h3-8,13,18,25H,9-12H2,1-2H3. The third-order valence-corrected chi connectivity index (χ3v) is 6.87. The van der Waals surface area contributed by atoms with Gasteiger partial charge in [-0.05, 0) is 60.2 Å². The maximum atomic E-state index is 12.8. The molecule has 1 unspecified atom stereocenters. The second kappa shape index (κ2) is 6.02. The molecule has 2 heterocycles. The lowest BCUT2D eigenvalue weighted by Crippen LogP contribution is -2.32. The van der Waals surface area contributed by atoms with Gasteiger partial charge in [-0.15, -0.1) is 0 Å². The summed E-state index contributed by atoms with van der Waals surface area (Å²) in [7, 11) is 0. The van der Waals surface area contributed by atoms with Crippen molar-refractivity contribution in [2.24, 2.45) is 4.99 Å². The van der Waals surface area contributed by atoms with Crippen LogP contribution in [0.15, 0.2) is 41.4 Å². The Balaban J connectivity index is 1.75. The second-order valence-corrected chi connectivity index (χ2v) is 8.81. The quantitative estimate of drug-likeness (QED) is 0.772. The van der Waals surface area contributed by atoms with Crippen molar-refractivity contribution in [3.8, 4) is 0 Å². The first-order chi connectivity index (χ1) is 13.0. The molecule has 1 atom stereocenters. The normalized spacial score (nSPS) is 23.4. The van der Waals surface area contributed by atoms with Gasteiger partial charge in [0.2, 0.25) is 0 Å². The predicted molar refractivity (Wildman–Crippen MR) is 109 cm³/mol. The number of amides is 1. The van der Waals surface area contributed by atoms with Gasteiger partial charge >= 0.3 is 0 Å². The number of halogens is 1. The lowest BCUT2D eigenvalue weighted by molar-refractivity contribution is 0.0999. The zero-order chi connectivity index (χ0) is 18.8. The summed E-state index contributed by atoms with van der Waals surface area (Å²) >= 11 is 6.38. The molecular weight excluding hydrogens is 356 g/mol. The van der Waals surface area contributed by atoms with E-state index in [-0.39, 0.29) is 17.2 Å². The van der Waals surface area contributed by atoms with Crippen LogP contribution >= 0.6 is 11.6 Å². The summed E-state index contributed by atoms with van der Waals surface area (Å²) in [6.45, 7) is 6.57. The lowest BCUT2D eigenvalue weighted by atomic mass is 9.76. The van der Waals surface area contributed by atoms with Gasteiger partial charge in [-0.3, -0.25) is 4.79 Å². The van der Waals surface area contributed by atoms with Crippen molar-refractivity contribution >= 4 is 23.2 Å². The van der Waals surface area contributed by atoms with E-state index in [2.05, 4.69) is 42.4 Å². The number of carbonyl (C=O) groups excluding carboxylic acids is 1. The molecule has 2 aromatic carbocycles. The number of piperidine rings is 1. The van der Waals surface area contributed by atoms with Crippen molar-refractivity contribution in [3.63, 3.8) is 0 Å². The monoisotopic (exact) mass is 378 g/mol. The number of carbonyl (C=O) groups is 1. The minimum Gasteiger partial charge on any atom is -0.317 e. The largest absolute Gasteiger partial charge is 0.317 e. The molecule has 1 fully saturated rings. The molecule has 3 aliphatic rings. The van der Waals surface area contributed by atoms with Crippen LogP contribution in [-0.4, -0.2) is 24.7 Å². The highest BCUT2D eigenvalue weighted by Crippen LogP contribution is 2.52. The molecule has 0 saturated carbocycles. The summed E-state index contributed by atoms with van der Waals surface area (Å²) in [4.78, 5) is 17.4. The van der Waals surface area contributed by atoms with Gasteiger partial charge in [0.25, 0.3) is 5.91 Å². The van der Waals surface area contributed by atoms with E-state index in [4.69, 9.17) is 11.6 Å². The Morgan fingerprint density at radius 3 is 2.48 bits per heavy atom. The third kappa shape index (κ3) is 2.38. The van der Waals surface area contributed by atoms with E-state index >= 15 is 0 Å². The molecule has 0 spiro atoms. The fourth-order valence-electron chi connectivity index (χ4n) is 5.35. The van der Waals surface area contributed by atoms with Crippen LogP contribution in [0.1, 0.15) is 71.1 Å². The summed E-state index contributed by atoms with van der Waals surface area (Å²) in [5.74, 6) is 0.393. The van der Waals surface area contributed by atoms with Crippen LogP contribution in [0.3, 0.4) is 0 Å². The second-order valence-electron chi connectivity index (χ2n) is 8.40. The summed E-state index contributed by atoms with van der Waals surface area (Å²) in [5, 5.41) is 3.97. The Hall–Kier alpha value is -1.97. The van der Waals surface area contributed by atoms with Crippen molar-refractivity contribution < 1.29 is 4.79 Å². The van der Waals surface area contributed by atoms with Crippen molar-refractivity contribution in [2.75, 3.05) is 13.1 Å². The van der Waals surface area contributed by atoms with E-state index < -0.39 is 0 Å². The minimum absolute atomic E-state index is 0.0306. The number of rotatable bonds is 1. The average Bonchev–Trinajstić information content (AvgIpc) is 2.90. The minimum atomic E-state index is -0.253. The van der Waals surface area contributed by atoms with Crippen LogP contribution in [-0.2, 0) is 5.41 Å². The van der Waals surface area contributed by atoms with Crippen LogP contribution in [0.5, 0.6) is 0 Å². The van der Waals surface area contributed by atoms with Crippen molar-refractivity contribution in [2.45, 2.75) is 43.9 Å². The molecule has 0 aromatic heterocycles. The predicted octanol–water partition coefficient (Wildman–Crippen LogP) is 4.82. The fraction of sp³-hybridized carbons (Fsp3) is 0.391. The van der Waals surface area contributed by atoms with Crippen molar-refractivity contribution in [1.29, 1.82) is 0 Å². The maximum absolute atomic E-state index is 12.8. The van der Waals surface area contributed by atoms with Gasteiger partial charge in [-0.25, -0.2) is 4.99 Å². The van der Waals surface area contributed by atoms with Crippen LogP contribution in [0.2, 0.25) is 5.02 Å². The lowest BCUT2D eigenvalue weighted by Gasteiger charge is -2.30. The zero-order valence-corrected chi connectivity index (χ0v) is 16.4. The molecule has 5 rings (SSSR count). The Kier molecular flexibility index (Phi) is 3.82. The summed E-state index contributed by atoms with van der Waals surface area (Å²) < 4.78 is 0. The number of fused-ring (bicyclic) bond motifs is 5. The van der Waals surface area contributed by atoms with Crippen molar-refractivity contribution in [3.05, 3.63) is 69.2 Å². The van der Waals surface area contributed by atoms with E-state index in [9.17, 15) is 4.79 Å². The first-order valence-corrected chi connectivity index (χ1v) is 10.1. The molecule has 1 N–H and O–H groups in total. The van der Waals surface area contributed by atoms with Gasteiger partial charge in [0.1, 0.15) is 0 Å². The number of nitrogens with one attached hydrogen (secondary N) is 1. The fourth-order valence-corrected chi connectivity index (χ4v) is 5.61. The Morgan fingerprint density at radius 1 is 1.04 bits per heavy atom. The molecule has 1 amide bonds. The van der Waals surface area contributed by atoms with Gasteiger partial charge in [0, 0.05) is 17.0 Å². The van der Waals surface area contributed by atoms with Gasteiger partial charge in [-0.2, -0.15) is 0 Å². The molecule has 0 bridgehead atoms. The third-order valence-electron chi connectivity index (χ3n) is 6.55. The molecule has 0 radical (unpaired) electrons. The Bertz CT molecular complexity index is 986. The van der Waals surface area contributed by atoms with E-state index in [0.717, 1.165) is 37.2 Å². The number of aliphatic imine (C=N–C) groups is 1. The molecule has 138 valence electrons. The average molecular weight is 379 g/mol. The summed E-state index contributed by atoms with van der Waals surface area (Å²) in [5.41, 5.74) is 6.41. The molecule has 2 aliphatic heterocycles. The Morgan fingerprint density at radius 2 is 1.70 bits per heavy atom. The summed E-state index contributed by atoms with van der Waals surface area (Å²) in [6.07, 6.45) is 2.32. The van der Waals surface area contributed by atoms with E-state index in [1.165, 1.54) is 16.7 Å². The van der Waals surface area contributed by atoms with Gasteiger partial charge in [0.05, 0.1) is 10.6 Å². The van der Waals surface area contributed by atoms with Crippen LogP contribution in [0, 0.1) is 0 Å². The molecular formula is C23H23ClN2O. The Labute approximate surface area is 164 Å². The van der Waals surface area contributed by atoms with Crippen LogP contribution in [0.25, 0.3) is 0 Å². The van der Waals surface area contributed by atoms with Crippen LogP contribution < -0.4 is 5.32 Å². The number of benzene rings is 2. The first-order valence-electron chi connectivity index (χ1n) is 9.76. The molecule has 1 aliphatic carbocycles. The number of hydrogen-bond acceptors (Lipinski definition) is 2. The van der Waals surface area contributed by atoms with E-state index in [0.29, 0.717) is 16.5 Å². The van der Waals surface area contributed by atoms with Gasteiger partial charge < -0.3 is 5.32 Å². The zero-order valence-electron chi connectivity index (χ0n) is 15.7. The molecule has 2 aromatic rings. The topological polar surface area (TPSA) is 41.5 Å². The highest BCUT2D eigenvalue weighted by atomic mass is 35.5. The SMILES string of the molecule is CC1(C)C2=NC(=O)c3c(Cl)cccc3C2c2cccc(C3CCNCC3)c21. The summed E-state index contributed by atoms with van der Waals surface area (Å²) in [6, 6.07) is 12.4. The molecule has 1 saturated heterocycles.